The van der Waals surface area contributed by atoms with Gasteiger partial charge in [-0.15, -0.1) is 0 Å². The molecule has 2 aromatic carbocycles. The summed E-state index contributed by atoms with van der Waals surface area (Å²) < 4.78 is 11.0. The fourth-order valence-electron chi connectivity index (χ4n) is 3.77. The molecule has 0 fully saturated rings. The Kier molecular flexibility index (Phi) is 7.10. The summed E-state index contributed by atoms with van der Waals surface area (Å²) in [6, 6.07) is 12.5. The zero-order valence-electron chi connectivity index (χ0n) is 19.6. The summed E-state index contributed by atoms with van der Waals surface area (Å²) >= 11 is 0. The normalized spacial score (nSPS) is 13.1. The van der Waals surface area contributed by atoms with Gasteiger partial charge in [0.15, 0.2) is 0 Å². The van der Waals surface area contributed by atoms with E-state index < -0.39 is 0 Å². The largest absolute Gasteiger partial charge is 0.497 e. The second-order valence-corrected chi connectivity index (χ2v) is 8.16. The van der Waals surface area contributed by atoms with Gasteiger partial charge in [-0.05, 0) is 30.5 Å². The summed E-state index contributed by atoms with van der Waals surface area (Å²) in [5.74, 6) is 1.50. The van der Waals surface area contributed by atoms with Gasteiger partial charge in [-0.3, -0.25) is 4.98 Å². The Morgan fingerprint density at radius 2 is 1.82 bits per heavy atom. The first-order chi connectivity index (χ1) is 16.1. The van der Waals surface area contributed by atoms with Crippen molar-refractivity contribution >= 4 is 28.0 Å². The number of nitrogens with zero attached hydrogens (tertiary/aromatic N) is 3. The van der Waals surface area contributed by atoms with Crippen molar-refractivity contribution in [3.8, 4) is 11.5 Å². The van der Waals surface area contributed by atoms with Gasteiger partial charge in [0.25, 0.3) is 0 Å². The van der Waals surface area contributed by atoms with Gasteiger partial charge >= 0.3 is 0 Å². The zero-order valence-corrected chi connectivity index (χ0v) is 19.6. The molecule has 3 aromatic rings. The van der Waals surface area contributed by atoms with E-state index in [1.165, 1.54) is 0 Å². The number of hydrogen-bond donors (Lipinski definition) is 2. The maximum absolute atomic E-state index is 5.52. The molecule has 1 aliphatic rings. The molecule has 0 radical (unpaired) electrons. The number of hydrogen-bond acceptors (Lipinski definition) is 7. The molecule has 0 saturated heterocycles. The van der Waals surface area contributed by atoms with E-state index in [1.807, 2.05) is 42.7 Å². The monoisotopic (exact) mass is 445 g/mol. The van der Waals surface area contributed by atoms with Crippen LogP contribution < -0.4 is 25.0 Å². The minimum atomic E-state index is 0.406. The van der Waals surface area contributed by atoms with Crippen molar-refractivity contribution in [1.29, 1.82) is 0 Å². The first-order valence-corrected chi connectivity index (χ1v) is 11.2. The third kappa shape index (κ3) is 5.43. The molecule has 0 unspecified atom stereocenters. The molecule has 2 N–H and O–H groups in total. The Morgan fingerprint density at radius 3 is 2.48 bits per heavy atom. The van der Waals surface area contributed by atoms with Crippen molar-refractivity contribution in [2.45, 2.75) is 19.9 Å². The Bertz CT molecular complexity index is 1150. The van der Waals surface area contributed by atoms with Crippen LogP contribution in [0.1, 0.15) is 19.5 Å². The van der Waals surface area contributed by atoms with Gasteiger partial charge in [0.2, 0.25) is 0 Å². The second-order valence-electron chi connectivity index (χ2n) is 8.16. The quantitative estimate of drug-likeness (QED) is 0.509. The maximum atomic E-state index is 5.52. The molecule has 0 aliphatic carbocycles. The van der Waals surface area contributed by atoms with E-state index in [-0.39, 0.29) is 0 Å². The minimum Gasteiger partial charge on any atom is -0.497 e. The molecule has 0 spiro atoms. The van der Waals surface area contributed by atoms with Crippen LogP contribution in [0.15, 0.2) is 60.9 Å². The van der Waals surface area contributed by atoms with Crippen LogP contribution in [0, 0.1) is 0 Å². The van der Waals surface area contributed by atoms with Crippen molar-refractivity contribution in [3.05, 3.63) is 66.6 Å². The van der Waals surface area contributed by atoms with Gasteiger partial charge in [-0.2, -0.15) is 0 Å². The molecule has 0 amide bonds. The van der Waals surface area contributed by atoms with Crippen molar-refractivity contribution < 1.29 is 9.47 Å². The number of rotatable bonds is 9. The Hall–Kier alpha value is -3.58. The third-order valence-corrected chi connectivity index (χ3v) is 5.49. The summed E-state index contributed by atoms with van der Waals surface area (Å²) in [7, 11) is 3.33. The zero-order chi connectivity index (χ0) is 23.2. The number of anilines is 2. The van der Waals surface area contributed by atoms with Gasteiger partial charge in [-0.1, -0.05) is 19.9 Å². The van der Waals surface area contributed by atoms with Crippen molar-refractivity contribution in [2.24, 2.45) is 0 Å². The van der Waals surface area contributed by atoms with Gasteiger partial charge in [0.1, 0.15) is 11.5 Å². The van der Waals surface area contributed by atoms with Gasteiger partial charge < -0.3 is 25.0 Å². The van der Waals surface area contributed by atoms with Crippen LogP contribution in [-0.4, -0.2) is 49.9 Å². The minimum absolute atomic E-state index is 0.406. The van der Waals surface area contributed by atoms with Crippen LogP contribution in [0.2, 0.25) is 0 Å². The lowest BCUT2D eigenvalue weighted by atomic mass is 10.1. The molecule has 7 heteroatoms. The molecule has 4 rings (SSSR count). The lowest BCUT2D eigenvalue weighted by molar-refractivity contribution is 0.394. The average molecular weight is 446 g/mol. The molecule has 172 valence electrons. The molecule has 0 bridgehead atoms. The highest BCUT2D eigenvalue weighted by molar-refractivity contribution is 5.83. The van der Waals surface area contributed by atoms with Gasteiger partial charge in [-0.25, -0.2) is 4.98 Å². The highest BCUT2D eigenvalue weighted by Crippen LogP contribution is 2.33. The molecule has 0 atom stereocenters. The second kappa shape index (κ2) is 10.4. The van der Waals surface area contributed by atoms with Crippen LogP contribution in [0.5, 0.6) is 11.5 Å². The van der Waals surface area contributed by atoms with Crippen LogP contribution in [-0.2, 0) is 0 Å². The third-order valence-electron chi connectivity index (χ3n) is 5.49. The fraction of sp³-hybridized carbons (Fsp3) is 0.308. The van der Waals surface area contributed by atoms with Crippen LogP contribution >= 0.6 is 0 Å². The molecule has 0 saturated carbocycles. The number of nitrogens with one attached hydrogen (secondary N) is 2. The van der Waals surface area contributed by atoms with E-state index in [0.29, 0.717) is 6.04 Å². The lowest BCUT2D eigenvalue weighted by Gasteiger charge is -2.27. The number of benzene rings is 2. The number of allylic oxidation sites excluding steroid dienone is 2. The average Bonchev–Trinajstić information content (AvgIpc) is 2.86. The standard InChI is InChI=1S/C26H31N5O2/c1-18(2)28-11-12-31(21-13-22(32-3)16-23(14-21)33-4)20-5-6-24-25(15-20)30-26(17-29-24)19-7-9-27-10-8-19/h5-9,13-18,27-28H,10-12H2,1-4H3. The van der Waals surface area contributed by atoms with Crippen molar-refractivity contribution in [1.82, 2.24) is 20.6 Å². The molecular formula is C26H31N5O2. The van der Waals surface area contributed by atoms with Gasteiger partial charge in [0.05, 0.1) is 37.1 Å². The van der Waals surface area contributed by atoms with E-state index in [0.717, 1.165) is 64.8 Å². The van der Waals surface area contributed by atoms with Crippen LogP contribution in [0.3, 0.4) is 0 Å². The number of aromatic nitrogens is 2. The van der Waals surface area contributed by atoms with E-state index in [4.69, 9.17) is 14.5 Å². The van der Waals surface area contributed by atoms with E-state index in [2.05, 4.69) is 52.6 Å². The number of methoxy groups -OCH3 is 2. The summed E-state index contributed by atoms with van der Waals surface area (Å²) in [6.07, 6.45) is 7.92. The first-order valence-electron chi connectivity index (χ1n) is 11.2. The van der Waals surface area contributed by atoms with E-state index in [9.17, 15) is 0 Å². The Morgan fingerprint density at radius 1 is 1.03 bits per heavy atom. The van der Waals surface area contributed by atoms with Crippen LogP contribution in [0.4, 0.5) is 11.4 Å². The summed E-state index contributed by atoms with van der Waals surface area (Å²) in [6.45, 7) is 6.68. The maximum Gasteiger partial charge on any atom is 0.124 e. The smallest absolute Gasteiger partial charge is 0.124 e. The highest BCUT2D eigenvalue weighted by atomic mass is 16.5. The molecule has 1 aromatic heterocycles. The van der Waals surface area contributed by atoms with E-state index >= 15 is 0 Å². The predicted octanol–water partition coefficient (Wildman–Crippen LogP) is 4.28. The molecule has 7 nitrogen and oxygen atoms in total. The number of fused-ring (bicyclic) bond motifs is 1. The molecule has 1 aliphatic heterocycles. The topological polar surface area (TPSA) is 71.5 Å². The van der Waals surface area contributed by atoms with Crippen molar-refractivity contribution in [2.75, 3.05) is 38.8 Å². The number of dihydropyridines is 1. The van der Waals surface area contributed by atoms with Crippen molar-refractivity contribution in [3.63, 3.8) is 0 Å². The van der Waals surface area contributed by atoms with Crippen LogP contribution in [0.25, 0.3) is 16.6 Å². The summed E-state index contributed by atoms with van der Waals surface area (Å²) in [4.78, 5) is 11.8. The molecule has 33 heavy (non-hydrogen) atoms. The SMILES string of the molecule is COc1cc(OC)cc(N(CCNC(C)C)c2ccc3ncc(C4=CCNC=C4)nc3c2)c1. The first kappa shape index (κ1) is 22.6. The van der Waals surface area contributed by atoms with E-state index in [1.54, 1.807) is 14.2 Å². The fourth-order valence-corrected chi connectivity index (χ4v) is 3.77. The summed E-state index contributed by atoms with van der Waals surface area (Å²) in [5, 5.41) is 6.68. The highest BCUT2D eigenvalue weighted by Gasteiger charge is 2.15. The molecular weight excluding hydrogens is 414 g/mol. The summed E-state index contributed by atoms with van der Waals surface area (Å²) in [5.41, 5.74) is 5.69. The molecule has 2 heterocycles. The van der Waals surface area contributed by atoms with Gasteiger partial charge in [0, 0.05) is 60.8 Å². The Balaban J connectivity index is 1.74. The lowest BCUT2D eigenvalue weighted by Crippen LogP contribution is -2.32. The number of ether oxygens (including phenoxy) is 2. The predicted molar refractivity (Wildman–Crippen MR) is 134 cm³/mol. The Labute approximate surface area is 195 Å².